The molecule has 0 bridgehead atoms. The zero-order chi connectivity index (χ0) is 21.5. The summed E-state index contributed by atoms with van der Waals surface area (Å²) >= 11 is 0. The minimum atomic E-state index is -0.226. The summed E-state index contributed by atoms with van der Waals surface area (Å²) in [5.41, 5.74) is 2.14. The molecule has 0 aliphatic carbocycles. The lowest BCUT2D eigenvalue weighted by atomic mass is 10.0. The van der Waals surface area contributed by atoms with E-state index in [4.69, 9.17) is 4.74 Å². The summed E-state index contributed by atoms with van der Waals surface area (Å²) < 4.78 is 19.3. The van der Waals surface area contributed by atoms with Crippen LogP contribution in [0.25, 0.3) is 10.8 Å². The van der Waals surface area contributed by atoms with Crippen LogP contribution in [0.2, 0.25) is 0 Å². The number of rotatable bonds is 9. The topological polar surface area (TPSA) is 27.7 Å². The van der Waals surface area contributed by atoms with Gasteiger partial charge in [0, 0.05) is 38.3 Å². The molecule has 0 atom stereocenters. The van der Waals surface area contributed by atoms with E-state index in [1.165, 1.54) is 41.6 Å². The predicted molar refractivity (Wildman–Crippen MR) is 125 cm³/mol. The number of halogens is 1. The molecule has 0 amide bonds. The molecule has 0 radical (unpaired) electrons. The number of nitrogens with zero attached hydrogens (tertiary/aromatic N) is 2. The number of nitrogens with one attached hydrogen (secondary N) is 1. The standard InChI is InChI=1S/C26H32FN3O/c1-29-15-17-30(18-16-29)14-4-13-28-19-25-24-6-3-2-5-22(24)9-12-26(25)31-20-21-7-10-23(27)11-8-21/h2-3,5-12,28H,4,13-20H2,1H3. The first-order chi connectivity index (χ1) is 15.2. The average molecular weight is 422 g/mol. The highest BCUT2D eigenvalue weighted by atomic mass is 19.1. The third-order valence-corrected chi connectivity index (χ3v) is 6.03. The van der Waals surface area contributed by atoms with Crippen LogP contribution >= 0.6 is 0 Å². The third-order valence-electron chi connectivity index (χ3n) is 6.03. The number of hydrogen-bond acceptors (Lipinski definition) is 4. The Morgan fingerprint density at radius 3 is 2.52 bits per heavy atom. The molecule has 3 aromatic rings. The van der Waals surface area contributed by atoms with Gasteiger partial charge in [-0.3, -0.25) is 0 Å². The molecular formula is C26H32FN3O. The van der Waals surface area contributed by atoms with E-state index < -0.39 is 0 Å². The Labute approximate surface area is 184 Å². The lowest BCUT2D eigenvalue weighted by Gasteiger charge is -2.32. The zero-order valence-electron chi connectivity index (χ0n) is 18.3. The fourth-order valence-corrected chi connectivity index (χ4v) is 4.09. The van der Waals surface area contributed by atoms with Crippen molar-refractivity contribution >= 4 is 10.8 Å². The Hall–Kier alpha value is -2.47. The second kappa shape index (κ2) is 10.7. The maximum atomic E-state index is 13.2. The van der Waals surface area contributed by atoms with Gasteiger partial charge in [-0.1, -0.05) is 42.5 Å². The normalized spacial score (nSPS) is 15.4. The van der Waals surface area contributed by atoms with Crippen LogP contribution in [0.15, 0.2) is 60.7 Å². The summed E-state index contributed by atoms with van der Waals surface area (Å²) in [5, 5.41) is 6.05. The predicted octanol–water partition coefficient (Wildman–Crippen LogP) is 4.29. The van der Waals surface area contributed by atoms with E-state index >= 15 is 0 Å². The average Bonchev–Trinajstić information content (AvgIpc) is 2.80. The van der Waals surface area contributed by atoms with E-state index in [-0.39, 0.29) is 5.82 Å². The summed E-state index contributed by atoms with van der Waals surface area (Å²) in [6, 6.07) is 19.1. The van der Waals surface area contributed by atoms with Gasteiger partial charge in [0.2, 0.25) is 0 Å². The highest BCUT2D eigenvalue weighted by Crippen LogP contribution is 2.28. The molecule has 1 aliphatic rings. The first-order valence-corrected chi connectivity index (χ1v) is 11.2. The van der Waals surface area contributed by atoms with E-state index in [0.29, 0.717) is 6.61 Å². The van der Waals surface area contributed by atoms with Gasteiger partial charge in [0.1, 0.15) is 18.2 Å². The number of hydrogen-bond donors (Lipinski definition) is 1. The Morgan fingerprint density at radius 1 is 0.935 bits per heavy atom. The molecule has 1 fully saturated rings. The first-order valence-electron chi connectivity index (χ1n) is 11.2. The quantitative estimate of drug-likeness (QED) is 0.522. The fourth-order valence-electron chi connectivity index (χ4n) is 4.09. The van der Waals surface area contributed by atoms with Crippen LogP contribution in [0.5, 0.6) is 5.75 Å². The van der Waals surface area contributed by atoms with Crippen LogP contribution < -0.4 is 10.1 Å². The molecule has 1 saturated heterocycles. The summed E-state index contributed by atoms with van der Waals surface area (Å²) in [7, 11) is 2.19. The van der Waals surface area contributed by atoms with E-state index in [1.54, 1.807) is 12.1 Å². The van der Waals surface area contributed by atoms with Crippen LogP contribution in [-0.4, -0.2) is 56.1 Å². The van der Waals surface area contributed by atoms with Crippen LogP contribution in [0, 0.1) is 5.82 Å². The molecule has 4 nitrogen and oxygen atoms in total. The summed E-state index contributed by atoms with van der Waals surface area (Å²) in [5.74, 6) is 0.658. The molecule has 3 aromatic carbocycles. The molecule has 31 heavy (non-hydrogen) atoms. The third kappa shape index (κ3) is 6.03. The van der Waals surface area contributed by atoms with Crippen molar-refractivity contribution in [3.63, 3.8) is 0 Å². The Morgan fingerprint density at radius 2 is 1.71 bits per heavy atom. The van der Waals surface area contributed by atoms with Crippen molar-refractivity contribution in [1.29, 1.82) is 0 Å². The van der Waals surface area contributed by atoms with Gasteiger partial charge in [0.25, 0.3) is 0 Å². The van der Waals surface area contributed by atoms with Crippen molar-refractivity contribution in [2.75, 3.05) is 46.3 Å². The Bertz CT molecular complexity index is 968. The minimum absolute atomic E-state index is 0.226. The van der Waals surface area contributed by atoms with Gasteiger partial charge in [-0.2, -0.15) is 0 Å². The fraction of sp³-hybridized carbons (Fsp3) is 0.385. The Kier molecular flexibility index (Phi) is 7.52. The monoisotopic (exact) mass is 421 g/mol. The number of likely N-dealkylation sites (N-methyl/N-ethyl adjacent to an activating group) is 1. The smallest absolute Gasteiger partial charge is 0.124 e. The first kappa shape index (κ1) is 21.8. The van der Waals surface area contributed by atoms with Crippen molar-refractivity contribution in [3.05, 3.63) is 77.6 Å². The molecular weight excluding hydrogens is 389 g/mol. The zero-order valence-corrected chi connectivity index (χ0v) is 18.3. The van der Waals surface area contributed by atoms with Crippen molar-refractivity contribution in [1.82, 2.24) is 15.1 Å². The number of piperazine rings is 1. The van der Waals surface area contributed by atoms with Gasteiger partial charge in [-0.05, 0) is 61.1 Å². The van der Waals surface area contributed by atoms with Crippen molar-refractivity contribution in [2.24, 2.45) is 0 Å². The number of benzene rings is 3. The minimum Gasteiger partial charge on any atom is -0.489 e. The van der Waals surface area contributed by atoms with Crippen molar-refractivity contribution in [2.45, 2.75) is 19.6 Å². The second-order valence-corrected chi connectivity index (χ2v) is 8.35. The van der Waals surface area contributed by atoms with Gasteiger partial charge in [0.05, 0.1) is 0 Å². The molecule has 1 heterocycles. The summed E-state index contributed by atoms with van der Waals surface area (Å²) in [6.45, 7) is 7.98. The largest absolute Gasteiger partial charge is 0.489 e. The van der Waals surface area contributed by atoms with E-state index in [0.717, 1.165) is 50.5 Å². The molecule has 0 saturated carbocycles. The summed E-state index contributed by atoms with van der Waals surface area (Å²) in [6.07, 6.45) is 1.14. The lowest BCUT2D eigenvalue weighted by Crippen LogP contribution is -2.45. The van der Waals surface area contributed by atoms with Crippen LogP contribution in [-0.2, 0) is 13.2 Å². The molecule has 164 valence electrons. The molecule has 1 aliphatic heterocycles. The van der Waals surface area contributed by atoms with Gasteiger partial charge in [-0.15, -0.1) is 0 Å². The maximum absolute atomic E-state index is 13.2. The van der Waals surface area contributed by atoms with Crippen LogP contribution in [0.4, 0.5) is 4.39 Å². The SMILES string of the molecule is CN1CCN(CCCNCc2c(OCc3ccc(F)cc3)ccc3ccccc23)CC1. The molecule has 0 aromatic heterocycles. The van der Waals surface area contributed by atoms with Crippen molar-refractivity contribution < 1.29 is 9.13 Å². The van der Waals surface area contributed by atoms with Gasteiger partial charge in [-0.25, -0.2) is 4.39 Å². The number of ether oxygens (including phenoxy) is 1. The van der Waals surface area contributed by atoms with E-state index in [9.17, 15) is 4.39 Å². The molecule has 4 rings (SSSR count). The van der Waals surface area contributed by atoms with Crippen LogP contribution in [0.1, 0.15) is 17.5 Å². The van der Waals surface area contributed by atoms with Crippen LogP contribution in [0.3, 0.4) is 0 Å². The highest BCUT2D eigenvalue weighted by Gasteiger charge is 2.13. The molecule has 0 spiro atoms. The highest BCUT2D eigenvalue weighted by molar-refractivity contribution is 5.87. The van der Waals surface area contributed by atoms with Gasteiger partial charge in [0.15, 0.2) is 0 Å². The van der Waals surface area contributed by atoms with Gasteiger partial charge >= 0.3 is 0 Å². The summed E-state index contributed by atoms with van der Waals surface area (Å²) in [4.78, 5) is 4.94. The maximum Gasteiger partial charge on any atom is 0.124 e. The molecule has 5 heteroatoms. The second-order valence-electron chi connectivity index (χ2n) is 8.35. The Balaban J connectivity index is 1.36. The molecule has 0 unspecified atom stereocenters. The van der Waals surface area contributed by atoms with E-state index in [1.807, 2.05) is 6.07 Å². The van der Waals surface area contributed by atoms with Crippen molar-refractivity contribution in [3.8, 4) is 5.75 Å². The number of fused-ring (bicyclic) bond motifs is 1. The lowest BCUT2D eigenvalue weighted by molar-refractivity contribution is 0.152. The van der Waals surface area contributed by atoms with E-state index in [2.05, 4.69) is 52.5 Å². The van der Waals surface area contributed by atoms with Gasteiger partial charge < -0.3 is 19.9 Å². The molecule has 1 N–H and O–H groups in total.